The topological polar surface area (TPSA) is 89.9 Å². The average Bonchev–Trinajstić information content (AvgIpc) is 2.38. The summed E-state index contributed by atoms with van der Waals surface area (Å²) in [6.45, 7) is 2.38. The van der Waals surface area contributed by atoms with Gasteiger partial charge >= 0.3 is 12.0 Å². The molecule has 3 N–H and O–H groups in total. The number of urea groups is 1. The summed E-state index contributed by atoms with van der Waals surface area (Å²) in [5.41, 5.74) is -0.235. The van der Waals surface area contributed by atoms with Crippen molar-refractivity contribution in [2.75, 3.05) is 18.0 Å². The number of rotatable bonds is 5. The lowest BCUT2D eigenvalue weighted by atomic mass is 9.69. The number of hydrogen-bond donors (Lipinski definition) is 3. The second-order valence-electron chi connectivity index (χ2n) is 5.36. The number of carboxylic acids is 1. The van der Waals surface area contributed by atoms with E-state index in [2.05, 4.69) is 5.32 Å². The zero-order chi connectivity index (χ0) is 15.5. The van der Waals surface area contributed by atoms with Gasteiger partial charge in [0.1, 0.15) is 5.75 Å². The summed E-state index contributed by atoms with van der Waals surface area (Å²) in [5.74, 6) is -0.769. The molecule has 2 rings (SSSR count). The van der Waals surface area contributed by atoms with E-state index in [0.717, 1.165) is 6.42 Å². The van der Waals surface area contributed by atoms with E-state index in [-0.39, 0.29) is 18.3 Å². The Balaban J connectivity index is 2.02. The Morgan fingerprint density at radius 1 is 1.38 bits per heavy atom. The minimum absolute atomic E-state index is 0.0831. The number of aromatic hydroxyl groups is 1. The molecule has 0 spiro atoms. The number of carboxylic acid groups (broad SMARTS) is 1. The maximum atomic E-state index is 12.2. The van der Waals surface area contributed by atoms with Crippen LogP contribution >= 0.6 is 0 Å². The van der Waals surface area contributed by atoms with Crippen LogP contribution in [0.1, 0.15) is 26.2 Å². The van der Waals surface area contributed by atoms with Gasteiger partial charge in [0.15, 0.2) is 0 Å². The van der Waals surface area contributed by atoms with Gasteiger partial charge in [-0.05, 0) is 31.9 Å². The molecule has 0 unspecified atom stereocenters. The lowest BCUT2D eigenvalue weighted by molar-refractivity contribution is -0.153. The van der Waals surface area contributed by atoms with Crippen molar-refractivity contribution in [2.45, 2.75) is 26.2 Å². The fourth-order valence-electron chi connectivity index (χ4n) is 2.51. The highest BCUT2D eigenvalue weighted by Gasteiger charge is 2.44. The number of carbonyl (C=O) groups is 2. The zero-order valence-corrected chi connectivity index (χ0v) is 12.0. The van der Waals surface area contributed by atoms with Gasteiger partial charge in [0.05, 0.1) is 5.41 Å². The van der Waals surface area contributed by atoms with E-state index in [1.54, 1.807) is 12.1 Å². The molecule has 1 fully saturated rings. The van der Waals surface area contributed by atoms with Gasteiger partial charge in [0.2, 0.25) is 0 Å². The molecule has 1 aromatic rings. The first-order valence-electron chi connectivity index (χ1n) is 7.06. The quantitative estimate of drug-likeness (QED) is 0.776. The largest absolute Gasteiger partial charge is 0.508 e. The highest BCUT2D eigenvalue weighted by atomic mass is 16.4. The van der Waals surface area contributed by atoms with Gasteiger partial charge in [-0.25, -0.2) is 4.79 Å². The number of phenols is 1. The van der Waals surface area contributed by atoms with Crippen LogP contribution in [0, 0.1) is 5.41 Å². The van der Waals surface area contributed by atoms with E-state index in [9.17, 15) is 19.8 Å². The van der Waals surface area contributed by atoms with E-state index < -0.39 is 11.4 Å². The number of aliphatic carboxylic acids is 1. The van der Waals surface area contributed by atoms with Crippen molar-refractivity contribution in [2.24, 2.45) is 5.41 Å². The third-order valence-electron chi connectivity index (χ3n) is 4.05. The van der Waals surface area contributed by atoms with Gasteiger partial charge in [-0.1, -0.05) is 12.5 Å². The van der Waals surface area contributed by atoms with E-state index in [1.165, 1.54) is 17.0 Å². The first-order chi connectivity index (χ1) is 9.98. The second-order valence-corrected chi connectivity index (χ2v) is 5.36. The first kappa shape index (κ1) is 15.2. The normalized spacial score (nSPS) is 15.9. The van der Waals surface area contributed by atoms with Gasteiger partial charge < -0.3 is 15.5 Å². The molecule has 1 saturated carbocycles. The Bertz CT molecular complexity index is 540. The number of amides is 2. The Hall–Kier alpha value is -2.24. The van der Waals surface area contributed by atoms with Crippen LogP contribution in [0.5, 0.6) is 5.75 Å². The molecule has 0 aromatic heterocycles. The molecule has 1 aliphatic carbocycles. The number of benzene rings is 1. The third kappa shape index (κ3) is 3.09. The van der Waals surface area contributed by atoms with Crippen LogP contribution < -0.4 is 10.2 Å². The number of hydrogen-bond acceptors (Lipinski definition) is 3. The minimum atomic E-state index is -0.852. The fourth-order valence-corrected chi connectivity index (χ4v) is 2.51. The molecule has 6 heteroatoms. The van der Waals surface area contributed by atoms with Crippen molar-refractivity contribution in [3.63, 3.8) is 0 Å². The van der Waals surface area contributed by atoms with Crippen LogP contribution in [0.15, 0.2) is 24.3 Å². The molecule has 2 amide bonds. The summed E-state index contributed by atoms with van der Waals surface area (Å²) in [4.78, 5) is 25.0. The Kier molecular flexibility index (Phi) is 4.35. The molecule has 0 heterocycles. The molecule has 21 heavy (non-hydrogen) atoms. The maximum Gasteiger partial charge on any atom is 0.321 e. The van der Waals surface area contributed by atoms with Crippen LogP contribution in [-0.2, 0) is 4.79 Å². The van der Waals surface area contributed by atoms with Crippen molar-refractivity contribution in [3.8, 4) is 5.75 Å². The van der Waals surface area contributed by atoms with Gasteiger partial charge in [0.25, 0.3) is 0 Å². The van der Waals surface area contributed by atoms with E-state index in [4.69, 9.17) is 0 Å². The summed E-state index contributed by atoms with van der Waals surface area (Å²) >= 11 is 0. The number of anilines is 1. The highest BCUT2D eigenvalue weighted by molar-refractivity contribution is 5.92. The Labute approximate surface area is 123 Å². The number of phenolic OH excluding ortho intramolecular Hbond substituents is 1. The molecule has 1 aromatic carbocycles. The van der Waals surface area contributed by atoms with Crippen molar-refractivity contribution in [1.82, 2.24) is 5.32 Å². The van der Waals surface area contributed by atoms with Crippen LogP contribution in [-0.4, -0.2) is 35.3 Å². The van der Waals surface area contributed by atoms with Gasteiger partial charge in [0, 0.05) is 24.8 Å². The van der Waals surface area contributed by atoms with Crippen molar-refractivity contribution >= 4 is 17.7 Å². The monoisotopic (exact) mass is 292 g/mol. The standard InChI is InChI=1S/C15H20N2O4/c1-2-17(11-5-3-6-12(18)9-11)14(21)16-10-15(13(19)20)7-4-8-15/h3,5-6,9,18H,2,4,7-8,10H2,1H3,(H,16,21)(H,19,20). The van der Waals surface area contributed by atoms with Gasteiger partial charge in [-0.15, -0.1) is 0 Å². The van der Waals surface area contributed by atoms with Crippen LogP contribution in [0.2, 0.25) is 0 Å². The van der Waals surface area contributed by atoms with Crippen LogP contribution in [0.4, 0.5) is 10.5 Å². The lowest BCUT2D eigenvalue weighted by Gasteiger charge is -2.38. The van der Waals surface area contributed by atoms with Crippen molar-refractivity contribution in [3.05, 3.63) is 24.3 Å². The van der Waals surface area contributed by atoms with Gasteiger partial charge in [-0.2, -0.15) is 0 Å². The van der Waals surface area contributed by atoms with Crippen molar-refractivity contribution < 1.29 is 19.8 Å². The van der Waals surface area contributed by atoms with Crippen LogP contribution in [0.25, 0.3) is 0 Å². The Morgan fingerprint density at radius 3 is 2.57 bits per heavy atom. The van der Waals surface area contributed by atoms with E-state index in [1.807, 2.05) is 6.92 Å². The predicted octanol–water partition coefficient (Wildman–Crippen LogP) is 2.18. The number of nitrogens with zero attached hydrogens (tertiary/aromatic N) is 1. The van der Waals surface area contributed by atoms with E-state index >= 15 is 0 Å². The molecule has 114 valence electrons. The smallest absolute Gasteiger partial charge is 0.321 e. The maximum absolute atomic E-state index is 12.2. The molecule has 0 aliphatic heterocycles. The van der Waals surface area contributed by atoms with Crippen molar-refractivity contribution in [1.29, 1.82) is 0 Å². The fraction of sp³-hybridized carbons (Fsp3) is 0.467. The second kappa shape index (κ2) is 6.03. The van der Waals surface area contributed by atoms with Gasteiger partial charge in [-0.3, -0.25) is 9.69 Å². The summed E-state index contributed by atoms with van der Waals surface area (Å²) in [6, 6.07) is 6.06. The summed E-state index contributed by atoms with van der Waals surface area (Å²) in [7, 11) is 0. The third-order valence-corrected chi connectivity index (χ3v) is 4.05. The number of nitrogens with one attached hydrogen (secondary N) is 1. The molecule has 0 radical (unpaired) electrons. The zero-order valence-electron chi connectivity index (χ0n) is 12.0. The first-order valence-corrected chi connectivity index (χ1v) is 7.06. The molecular weight excluding hydrogens is 272 g/mol. The molecular formula is C15H20N2O4. The lowest BCUT2D eigenvalue weighted by Crippen LogP contribution is -2.50. The molecule has 0 bridgehead atoms. The average molecular weight is 292 g/mol. The van der Waals surface area contributed by atoms with Crippen LogP contribution in [0.3, 0.4) is 0 Å². The number of carbonyl (C=O) groups excluding carboxylic acids is 1. The molecule has 0 saturated heterocycles. The minimum Gasteiger partial charge on any atom is -0.508 e. The summed E-state index contributed by atoms with van der Waals surface area (Å²) in [5, 5.41) is 21.4. The Morgan fingerprint density at radius 2 is 2.10 bits per heavy atom. The molecule has 1 aliphatic rings. The highest BCUT2D eigenvalue weighted by Crippen LogP contribution is 2.40. The predicted molar refractivity (Wildman–Crippen MR) is 78.4 cm³/mol. The molecule has 0 atom stereocenters. The summed E-state index contributed by atoms with van der Waals surface area (Å²) < 4.78 is 0. The van der Waals surface area contributed by atoms with E-state index in [0.29, 0.717) is 25.1 Å². The summed E-state index contributed by atoms with van der Waals surface area (Å²) in [6.07, 6.45) is 2.08. The molecule has 6 nitrogen and oxygen atoms in total. The SMILES string of the molecule is CCN(C(=O)NCC1(C(=O)O)CCC1)c1cccc(O)c1.